The number of carbonyl (C=O) groups excluding carboxylic acids is 1. The minimum Gasteiger partial charge on any atom is -0.466 e. The molecule has 3 nitrogen and oxygen atoms in total. The van der Waals surface area contributed by atoms with E-state index in [4.69, 9.17) is 4.74 Å². The van der Waals surface area contributed by atoms with Crippen molar-refractivity contribution in [1.82, 2.24) is 4.98 Å². The van der Waals surface area contributed by atoms with Crippen LogP contribution in [0, 0.1) is 0 Å². The summed E-state index contributed by atoms with van der Waals surface area (Å²) >= 11 is 0. The molecule has 2 aromatic rings. The van der Waals surface area contributed by atoms with Crippen molar-refractivity contribution in [1.29, 1.82) is 0 Å². The molecule has 0 aliphatic rings. The van der Waals surface area contributed by atoms with Crippen molar-refractivity contribution in [3.05, 3.63) is 54.2 Å². The van der Waals surface area contributed by atoms with Crippen LogP contribution in [0.3, 0.4) is 0 Å². The molecule has 1 aromatic carbocycles. The molecule has 1 unspecified atom stereocenters. The van der Waals surface area contributed by atoms with Gasteiger partial charge in [0.05, 0.1) is 18.2 Å². The summed E-state index contributed by atoms with van der Waals surface area (Å²) < 4.78 is 5.09. The van der Waals surface area contributed by atoms with E-state index in [2.05, 4.69) is 4.98 Å². The molecule has 0 bridgehead atoms. The van der Waals surface area contributed by atoms with Crippen LogP contribution in [0.1, 0.15) is 25.3 Å². The normalized spacial score (nSPS) is 11.9. The van der Waals surface area contributed by atoms with E-state index < -0.39 is 0 Å². The number of ether oxygens (including phenoxy) is 1. The van der Waals surface area contributed by atoms with E-state index in [1.165, 1.54) is 0 Å². The van der Waals surface area contributed by atoms with Crippen LogP contribution in [-0.4, -0.2) is 17.6 Å². The fourth-order valence-corrected chi connectivity index (χ4v) is 2.02. The van der Waals surface area contributed by atoms with Gasteiger partial charge in [0.15, 0.2) is 0 Å². The molecule has 0 fully saturated rings. The van der Waals surface area contributed by atoms with Gasteiger partial charge in [-0.25, -0.2) is 0 Å². The van der Waals surface area contributed by atoms with E-state index in [0.717, 1.165) is 16.8 Å². The maximum atomic E-state index is 11.9. The molecular weight excluding hydrogens is 238 g/mol. The first-order chi connectivity index (χ1) is 9.24. The van der Waals surface area contributed by atoms with Crippen LogP contribution < -0.4 is 0 Å². The number of hydrogen-bond donors (Lipinski definition) is 0. The number of rotatable bonds is 4. The minimum atomic E-state index is -0.293. The van der Waals surface area contributed by atoms with Gasteiger partial charge in [-0.2, -0.15) is 0 Å². The number of nitrogens with zero attached hydrogens (tertiary/aromatic N) is 1. The molecule has 98 valence electrons. The second-order valence-corrected chi connectivity index (χ2v) is 4.28. The Morgan fingerprint density at radius 2 is 1.95 bits per heavy atom. The van der Waals surface area contributed by atoms with Crippen molar-refractivity contribution in [2.24, 2.45) is 0 Å². The van der Waals surface area contributed by atoms with Gasteiger partial charge in [0, 0.05) is 11.8 Å². The Kier molecular flexibility index (Phi) is 4.29. The molecule has 0 aliphatic carbocycles. The van der Waals surface area contributed by atoms with Crippen molar-refractivity contribution in [3.63, 3.8) is 0 Å². The van der Waals surface area contributed by atoms with E-state index in [1.807, 2.05) is 56.3 Å². The molecule has 0 saturated carbocycles. The summed E-state index contributed by atoms with van der Waals surface area (Å²) in [6.07, 6.45) is 1.75. The molecule has 0 radical (unpaired) electrons. The zero-order valence-electron chi connectivity index (χ0n) is 11.2. The second-order valence-electron chi connectivity index (χ2n) is 4.28. The Morgan fingerprint density at radius 1 is 1.21 bits per heavy atom. The molecule has 0 N–H and O–H groups in total. The molecule has 0 aliphatic heterocycles. The molecule has 1 atom stereocenters. The Labute approximate surface area is 113 Å². The third-order valence-electron chi connectivity index (χ3n) is 3.01. The standard InChI is InChI=1S/C16H17NO2/c1-3-19-16(18)12(2)13-8-4-5-9-14(13)15-10-6-7-11-17-15/h4-12H,3H2,1-2H3. The van der Waals surface area contributed by atoms with Crippen LogP contribution in [0.4, 0.5) is 0 Å². The lowest BCUT2D eigenvalue weighted by Gasteiger charge is -2.15. The fraction of sp³-hybridized carbons (Fsp3) is 0.250. The van der Waals surface area contributed by atoms with E-state index in [9.17, 15) is 4.79 Å². The van der Waals surface area contributed by atoms with Gasteiger partial charge in [0.1, 0.15) is 0 Å². The molecule has 0 amide bonds. The van der Waals surface area contributed by atoms with Crippen molar-refractivity contribution < 1.29 is 9.53 Å². The highest BCUT2D eigenvalue weighted by atomic mass is 16.5. The third kappa shape index (κ3) is 2.99. The highest BCUT2D eigenvalue weighted by Crippen LogP contribution is 2.28. The smallest absolute Gasteiger partial charge is 0.313 e. The Hall–Kier alpha value is -2.16. The van der Waals surface area contributed by atoms with Crippen LogP contribution in [-0.2, 0) is 9.53 Å². The highest BCUT2D eigenvalue weighted by molar-refractivity contribution is 5.81. The second kappa shape index (κ2) is 6.14. The van der Waals surface area contributed by atoms with Crippen LogP contribution >= 0.6 is 0 Å². The summed E-state index contributed by atoms with van der Waals surface area (Å²) in [6.45, 7) is 4.07. The zero-order valence-corrected chi connectivity index (χ0v) is 11.2. The number of benzene rings is 1. The average Bonchev–Trinajstić information content (AvgIpc) is 2.47. The third-order valence-corrected chi connectivity index (χ3v) is 3.01. The number of carbonyl (C=O) groups is 1. The Balaban J connectivity index is 2.39. The first-order valence-electron chi connectivity index (χ1n) is 6.41. The zero-order chi connectivity index (χ0) is 13.7. The first-order valence-corrected chi connectivity index (χ1v) is 6.41. The maximum Gasteiger partial charge on any atom is 0.313 e. The molecule has 2 rings (SSSR count). The van der Waals surface area contributed by atoms with Crippen LogP contribution in [0.5, 0.6) is 0 Å². The summed E-state index contributed by atoms with van der Waals surface area (Å²) in [7, 11) is 0. The predicted octanol–water partition coefficient (Wildman–Crippen LogP) is 3.42. The molecule has 3 heteroatoms. The summed E-state index contributed by atoms with van der Waals surface area (Å²) in [5.41, 5.74) is 2.79. The number of pyridine rings is 1. The maximum absolute atomic E-state index is 11.9. The van der Waals surface area contributed by atoms with Gasteiger partial charge in [0.25, 0.3) is 0 Å². The number of esters is 1. The fourth-order valence-electron chi connectivity index (χ4n) is 2.02. The number of aromatic nitrogens is 1. The molecule has 0 spiro atoms. The van der Waals surface area contributed by atoms with E-state index in [0.29, 0.717) is 6.61 Å². The van der Waals surface area contributed by atoms with Crippen molar-refractivity contribution >= 4 is 5.97 Å². The minimum absolute atomic E-state index is 0.203. The first kappa shape index (κ1) is 13.3. The SMILES string of the molecule is CCOC(=O)C(C)c1ccccc1-c1ccccn1. The van der Waals surface area contributed by atoms with Crippen LogP contribution in [0.2, 0.25) is 0 Å². The molecule has 0 saturated heterocycles. The van der Waals surface area contributed by atoms with E-state index >= 15 is 0 Å². The van der Waals surface area contributed by atoms with Crippen LogP contribution in [0.25, 0.3) is 11.3 Å². The Morgan fingerprint density at radius 3 is 2.63 bits per heavy atom. The lowest BCUT2D eigenvalue weighted by atomic mass is 9.94. The quantitative estimate of drug-likeness (QED) is 0.786. The molecule has 1 aromatic heterocycles. The number of hydrogen-bond acceptors (Lipinski definition) is 3. The molecule has 1 heterocycles. The lowest BCUT2D eigenvalue weighted by molar-refractivity contribution is -0.144. The van der Waals surface area contributed by atoms with Gasteiger partial charge in [0.2, 0.25) is 0 Å². The average molecular weight is 255 g/mol. The van der Waals surface area contributed by atoms with Gasteiger partial charge in [-0.3, -0.25) is 9.78 Å². The lowest BCUT2D eigenvalue weighted by Crippen LogP contribution is -2.13. The van der Waals surface area contributed by atoms with Gasteiger partial charge >= 0.3 is 5.97 Å². The largest absolute Gasteiger partial charge is 0.466 e. The highest BCUT2D eigenvalue weighted by Gasteiger charge is 2.20. The summed E-state index contributed by atoms with van der Waals surface area (Å²) in [5.74, 6) is -0.496. The van der Waals surface area contributed by atoms with Gasteiger partial charge < -0.3 is 4.74 Å². The topological polar surface area (TPSA) is 39.2 Å². The Bertz CT molecular complexity index is 552. The van der Waals surface area contributed by atoms with Crippen molar-refractivity contribution in [3.8, 4) is 11.3 Å². The predicted molar refractivity (Wildman–Crippen MR) is 74.7 cm³/mol. The monoisotopic (exact) mass is 255 g/mol. The summed E-state index contributed by atoms with van der Waals surface area (Å²) in [4.78, 5) is 16.2. The van der Waals surface area contributed by atoms with Gasteiger partial charge in [-0.1, -0.05) is 30.3 Å². The van der Waals surface area contributed by atoms with E-state index in [-0.39, 0.29) is 11.9 Å². The molecular formula is C16H17NO2. The van der Waals surface area contributed by atoms with Gasteiger partial charge in [-0.05, 0) is 31.5 Å². The van der Waals surface area contributed by atoms with E-state index in [1.54, 1.807) is 6.20 Å². The van der Waals surface area contributed by atoms with Crippen LogP contribution in [0.15, 0.2) is 48.7 Å². The summed E-state index contributed by atoms with van der Waals surface area (Å²) in [6, 6.07) is 13.6. The van der Waals surface area contributed by atoms with Crippen molar-refractivity contribution in [2.45, 2.75) is 19.8 Å². The van der Waals surface area contributed by atoms with Crippen molar-refractivity contribution in [2.75, 3.05) is 6.61 Å². The molecule has 19 heavy (non-hydrogen) atoms. The summed E-state index contributed by atoms with van der Waals surface area (Å²) in [5, 5.41) is 0. The van der Waals surface area contributed by atoms with Gasteiger partial charge in [-0.15, -0.1) is 0 Å².